The van der Waals surface area contributed by atoms with Crippen molar-refractivity contribution in [2.24, 2.45) is 5.16 Å². The summed E-state index contributed by atoms with van der Waals surface area (Å²) in [7, 11) is 0. The van der Waals surface area contributed by atoms with E-state index in [2.05, 4.69) is 26.4 Å². The number of phenolic OH excluding ortho intramolecular Hbond substituents is 1. The van der Waals surface area contributed by atoms with Gasteiger partial charge in [-0.3, -0.25) is 19.3 Å². The van der Waals surface area contributed by atoms with Gasteiger partial charge in [0, 0.05) is 16.7 Å². The fraction of sp³-hybridized carbons (Fsp3) is 0.362. The number of carbonyl (C=O) groups is 7. The van der Waals surface area contributed by atoms with Gasteiger partial charge in [0.25, 0.3) is 11.8 Å². The number of thiazole rings is 1. The van der Waals surface area contributed by atoms with E-state index in [0.717, 1.165) is 22.8 Å². The summed E-state index contributed by atoms with van der Waals surface area (Å²) < 4.78 is 22.1. The highest BCUT2D eigenvalue weighted by Crippen LogP contribution is 2.43. The first-order chi connectivity index (χ1) is 37.5. The Balaban J connectivity index is 1.14. The number of thioether (sulfide) groups is 1. The van der Waals surface area contributed by atoms with Crippen LogP contribution in [0.25, 0.3) is 0 Å². The number of nitrogens with zero attached hydrogens (tertiary/aromatic N) is 3. The topological polar surface area (TPSA) is 262 Å². The maximum Gasteiger partial charge on any atom is 0.408 e. The Morgan fingerprint density at radius 1 is 0.738 bits per heavy atom. The second-order valence-corrected chi connectivity index (χ2v) is 24.0. The van der Waals surface area contributed by atoms with Gasteiger partial charge >= 0.3 is 24.0 Å². The van der Waals surface area contributed by atoms with Crippen molar-refractivity contribution in [1.82, 2.24) is 20.5 Å². The van der Waals surface area contributed by atoms with Crippen LogP contribution in [-0.2, 0) is 53.3 Å². The van der Waals surface area contributed by atoms with Crippen molar-refractivity contribution in [3.63, 3.8) is 0 Å². The fourth-order valence-corrected chi connectivity index (χ4v) is 10.2. The Labute approximate surface area is 472 Å². The van der Waals surface area contributed by atoms with Gasteiger partial charge in [0.2, 0.25) is 11.5 Å². The van der Waals surface area contributed by atoms with Crippen LogP contribution in [-0.4, -0.2) is 115 Å². The molecule has 2 aliphatic rings. The first-order valence-corrected chi connectivity index (χ1v) is 27.4. The summed E-state index contributed by atoms with van der Waals surface area (Å²) in [6.07, 6.45) is -0.814. The Hall–Kier alpha value is -8.24. The molecule has 3 heterocycles. The van der Waals surface area contributed by atoms with Crippen LogP contribution in [0, 0.1) is 0 Å². The average molecular weight is 1130 g/mol. The lowest BCUT2D eigenvalue weighted by Crippen LogP contribution is -2.71. The Morgan fingerprint density at radius 3 is 1.84 bits per heavy atom. The van der Waals surface area contributed by atoms with Gasteiger partial charge in [-0.25, -0.2) is 24.2 Å². The largest absolute Gasteiger partial charge is 0.506 e. The van der Waals surface area contributed by atoms with Gasteiger partial charge in [-0.1, -0.05) is 96.2 Å². The minimum absolute atomic E-state index is 0.0387. The third kappa shape index (κ3) is 14.5. The molecule has 2 atom stereocenters. The minimum atomic E-state index is -1.71. The average Bonchev–Trinajstić information content (AvgIpc) is 3.92. The van der Waals surface area contributed by atoms with Crippen molar-refractivity contribution < 1.29 is 62.5 Å². The smallest absolute Gasteiger partial charge is 0.408 e. The summed E-state index contributed by atoms with van der Waals surface area (Å²) in [5.41, 5.74) is -3.18. The van der Waals surface area contributed by atoms with Crippen LogP contribution in [0.2, 0.25) is 0 Å². The van der Waals surface area contributed by atoms with Crippen LogP contribution in [0.3, 0.4) is 0 Å². The van der Waals surface area contributed by atoms with Gasteiger partial charge in [-0.2, -0.15) is 0 Å². The number of fused-ring (bicyclic) bond motifs is 1. The van der Waals surface area contributed by atoms with Crippen LogP contribution in [0.5, 0.6) is 5.75 Å². The minimum Gasteiger partial charge on any atom is -0.506 e. The normalized spacial score (nSPS) is 15.8. The van der Waals surface area contributed by atoms with Gasteiger partial charge in [0.1, 0.15) is 64.0 Å². The van der Waals surface area contributed by atoms with Crippen LogP contribution in [0.1, 0.15) is 109 Å². The number of amides is 4. The van der Waals surface area contributed by atoms with Crippen LogP contribution < -0.4 is 21.3 Å². The number of nitrogens with one attached hydrogen (secondary N) is 4. The van der Waals surface area contributed by atoms with E-state index in [9.17, 15) is 38.7 Å². The highest BCUT2D eigenvalue weighted by Gasteiger charge is 2.55. The number of rotatable bonds is 18. The Bertz CT molecular complexity index is 3100. The SMILES string of the molecule is CC(C)(C)OC(=O)NCC(=O)Nc1ccc(C(=O)OCC2=C(C(=O)OC(C)(C)C)N3C(=O)C(NC(=O)C(=NOC(C)(C)C(=O)OC(C)(C)C)c4csc(NC(c5ccccc5)(c5ccccc5)c5ccccc5)n4)[C@@H]3SC2)cc1O. The van der Waals surface area contributed by atoms with E-state index in [0.29, 0.717) is 5.13 Å². The first-order valence-electron chi connectivity index (χ1n) is 25.4. The molecular weight excluding hydrogens is 1070 g/mol. The summed E-state index contributed by atoms with van der Waals surface area (Å²) in [6, 6.07) is 31.9. The number of hydrogen-bond acceptors (Lipinski definition) is 18. The summed E-state index contributed by atoms with van der Waals surface area (Å²) in [4.78, 5) is 106. The number of aromatic hydroxyl groups is 1. The molecule has 0 aliphatic carbocycles. The Kier molecular flexibility index (Phi) is 17.8. The zero-order valence-electron chi connectivity index (χ0n) is 46.3. The molecule has 80 heavy (non-hydrogen) atoms. The van der Waals surface area contributed by atoms with Crippen LogP contribution in [0.4, 0.5) is 15.6 Å². The molecule has 4 amide bonds. The summed E-state index contributed by atoms with van der Waals surface area (Å²) in [5.74, 6) is -5.28. The van der Waals surface area contributed by atoms with Gasteiger partial charge in [0.05, 0.1) is 11.3 Å². The van der Waals surface area contributed by atoms with Crippen molar-refractivity contribution in [2.75, 3.05) is 29.5 Å². The van der Waals surface area contributed by atoms with E-state index in [1.165, 1.54) is 54.0 Å². The highest BCUT2D eigenvalue weighted by atomic mass is 32.2. The van der Waals surface area contributed by atoms with Gasteiger partial charge in [-0.15, -0.1) is 23.1 Å². The van der Waals surface area contributed by atoms with E-state index in [1.807, 2.05) is 91.0 Å². The highest BCUT2D eigenvalue weighted by molar-refractivity contribution is 8.00. The van der Waals surface area contributed by atoms with Gasteiger partial charge in [-0.05, 0) is 111 Å². The molecule has 22 heteroatoms. The van der Waals surface area contributed by atoms with E-state index in [1.54, 1.807) is 67.7 Å². The molecule has 0 spiro atoms. The zero-order chi connectivity index (χ0) is 58.4. The first kappa shape index (κ1) is 59.4. The van der Waals surface area contributed by atoms with Gasteiger partial charge < -0.3 is 50.2 Å². The molecule has 422 valence electrons. The molecular formula is C58H65N7O13S2. The maximum atomic E-state index is 14.7. The quantitative estimate of drug-likeness (QED) is 0.0105. The molecule has 1 saturated heterocycles. The van der Waals surface area contributed by atoms with Crippen molar-refractivity contribution in [3.8, 4) is 5.75 Å². The zero-order valence-corrected chi connectivity index (χ0v) is 47.9. The maximum absolute atomic E-state index is 14.7. The molecule has 2 aliphatic heterocycles. The van der Waals surface area contributed by atoms with Gasteiger partial charge in [0.15, 0.2) is 10.8 Å². The summed E-state index contributed by atoms with van der Waals surface area (Å²) >= 11 is 2.37. The molecule has 20 nitrogen and oxygen atoms in total. The second kappa shape index (κ2) is 24.0. The molecule has 5 N–H and O–H groups in total. The van der Waals surface area contributed by atoms with Crippen molar-refractivity contribution in [3.05, 3.63) is 154 Å². The fourth-order valence-electron chi connectivity index (χ4n) is 8.16. The lowest BCUT2D eigenvalue weighted by molar-refractivity contribution is -0.179. The molecule has 4 aromatic carbocycles. The molecule has 1 fully saturated rings. The predicted molar refractivity (Wildman–Crippen MR) is 302 cm³/mol. The monoisotopic (exact) mass is 1130 g/mol. The number of phenols is 1. The number of aromatic nitrogens is 1. The van der Waals surface area contributed by atoms with E-state index >= 15 is 0 Å². The second-order valence-electron chi connectivity index (χ2n) is 22.1. The number of oxime groups is 1. The van der Waals surface area contributed by atoms with E-state index in [4.69, 9.17) is 28.8 Å². The standard InChI is InChI=1S/C58H65N7O13S2/c1-54(2,3)75-50(71)45-35(31-74-49(70)34-27-28-39(41(66)29-34)60-42(67)30-59-53(73)77-56(7,8)9)32-79-48-44(47(69)65(45)48)62-46(68)43(64-78-57(10,11)51(72)76-55(4,5)6)40-33-80-52(61-40)63-58(36-21-15-12-16-22-36,37-23-17-13-18-24-37)38-25-19-14-20-26-38/h12-29,33,44,48,66H,30-32H2,1-11H3,(H,59,73)(H,60,67)(H,61,63)(H,62,68)/t44?,48-/m0/s1. The van der Waals surface area contributed by atoms with Crippen molar-refractivity contribution in [2.45, 2.75) is 116 Å². The third-order valence-electron chi connectivity index (χ3n) is 11.7. The summed E-state index contributed by atoms with van der Waals surface area (Å²) in [6.45, 7) is 17.0. The molecule has 5 aromatic rings. The lowest BCUT2D eigenvalue weighted by atomic mass is 9.77. The number of esters is 3. The number of β-lactam (4-membered cyclic amide) rings is 1. The molecule has 7 rings (SSSR count). The molecule has 0 radical (unpaired) electrons. The lowest BCUT2D eigenvalue weighted by Gasteiger charge is -2.49. The predicted octanol–water partition coefficient (Wildman–Crippen LogP) is 8.41. The van der Waals surface area contributed by atoms with E-state index < -0.39 is 100.0 Å². The number of alkyl carbamates (subject to hydrolysis) is 1. The molecule has 1 unspecified atom stereocenters. The Morgan fingerprint density at radius 2 is 1.30 bits per heavy atom. The van der Waals surface area contributed by atoms with Crippen LogP contribution >= 0.6 is 23.1 Å². The van der Waals surface area contributed by atoms with E-state index in [-0.39, 0.29) is 39.7 Å². The number of benzene rings is 4. The number of carbonyl (C=O) groups excluding carboxylic acids is 7. The number of hydrogen-bond donors (Lipinski definition) is 5. The molecule has 0 bridgehead atoms. The van der Waals surface area contributed by atoms with Crippen molar-refractivity contribution >= 4 is 81.4 Å². The summed E-state index contributed by atoms with van der Waals surface area (Å²) in [5, 5.41) is 27.3. The molecule has 1 aromatic heterocycles. The van der Waals surface area contributed by atoms with Crippen molar-refractivity contribution in [1.29, 1.82) is 0 Å². The van der Waals surface area contributed by atoms with Crippen LogP contribution in [0.15, 0.2) is 131 Å². The number of ether oxygens (including phenoxy) is 4. The number of anilines is 2. The third-order valence-corrected chi connectivity index (χ3v) is 13.8. The molecule has 0 saturated carbocycles.